The lowest BCUT2D eigenvalue weighted by Gasteiger charge is -2.24. The summed E-state index contributed by atoms with van der Waals surface area (Å²) < 4.78 is 46.1. The average Bonchev–Trinajstić information content (AvgIpc) is 3.21. The van der Waals surface area contributed by atoms with Crippen molar-refractivity contribution in [3.63, 3.8) is 0 Å². The van der Waals surface area contributed by atoms with Gasteiger partial charge in [0.1, 0.15) is 11.5 Å². The maximum absolute atomic E-state index is 13.0. The van der Waals surface area contributed by atoms with E-state index in [1.165, 1.54) is 0 Å². The molecule has 3 aromatic rings. The van der Waals surface area contributed by atoms with Gasteiger partial charge in [-0.3, -0.25) is 9.78 Å². The number of aromatic nitrogens is 2. The summed E-state index contributed by atoms with van der Waals surface area (Å²) in [5.74, 6) is 0.865. The standard InChI is InChI=1S/C25H30F2N4O5/c1-13(12-35-25(26)27)29-23-17-10-21(33-4)18(22-14(2)31-36-15(22)3)9-19(17)28-11-20(23)30-24(32)16-5-7-34-8-6-16/h9-11,13,16,25H,5-8,12H2,1-4H3,(H,28,29)(H,30,32). The highest BCUT2D eigenvalue weighted by molar-refractivity contribution is 6.05. The zero-order valence-corrected chi connectivity index (χ0v) is 20.7. The zero-order chi connectivity index (χ0) is 25.8. The number of carbonyl (C=O) groups is 1. The van der Waals surface area contributed by atoms with Gasteiger partial charge in [0.2, 0.25) is 5.91 Å². The van der Waals surface area contributed by atoms with E-state index < -0.39 is 12.7 Å². The van der Waals surface area contributed by atoms with E-state index in [4.69, 9.17) is 14.0 Å². The topological polar surface area (TPSA) is 108 Å². The number of ether oxygens (including phenoxy) is 3. The fourth-order valence-electron chi connectivity index (χ4n) is 4.40. The molecular formula is C25H30F2N4O5. The molecule has 2 aromatic heterocycles. The molecule has 1 atom stereocenters. The van der Waals surface area contributed by atoms with Crippen molar-refractivity contribution < 1.29 is 32.3 Å². The summed E-state index contributed by atoms with van der Waals surface area (Å²) in [6, 6.07) is 3.17. The molecule has 1 amide bonds. The average molecular weight is 505 g/mol. The van der Waals surface area contributed by atoms with Crippen LogP contribution in [0.1, 0.15) is 31.2 Å². The molecule has 0 spiro atoms. The van der Waals surface area contributed by atoms with Crippen LogP contribution in [0.3, 0.4) is 0 Å². The van der Waals surface area contributed by atoms with E-state index in [2.05, 4.69) is 25.5 Å². The summed E-state index contributed by atoms with van der Waals surface area (Å²) >= 11 is 0. The molecule has 11 heteroatoms. The number of halogens is 2. The Balaban J connectivity index is 1.77. The number of aryl methyl sites for hydroxylation is 2. The summed E-state index contributed by atoms with van der Waals surface area (Å²) in [5.41, 5.74) is 3.86. The van der Waals surface area contributed by atoms with Crippen molar-refractivity contribution >= 4 is 28.2 Å². The number of methoxy groups -OCH3 is 1. The molecule has 0 bridgehead atoms. The highest BCUT2D eigenvalue weighted by atomic mass is 19.3. The second-order valence-corrected chi connectivity index (χ2v) is 8.83. The van der Waals surface area contributed by atoms with Gasteiger partial charge in [-0.1, -0.05) is 5.16 Å². The summed E-state index contributed by atoms with van der Waals surface area (Å²) in [7, 11) is 1.55. The Bertz CT molecular complexity index is 1210. The minimum absolute atomic E-state index is 0.140. The van der Waals surface area contributed by atoms with Crippen LogP contribution in [-0.2, 0) is 14.3 Å². The summed E-state index contributed by atoms with van der Waals surface area (Å²) in [5, 5.41) is 10.9. The molecule has 0 radical (unpaired) electrons. The number of hydrogen-bond acceptors (Lipinski definition) is 8. The van der Waals surface area contributed by atoms with E-state index in [-0.39, 0.29) is 18.4 Å². The lowest BCUT2D eigenvalue weighted by atomic mass is 9.98. The van der Waals surface area contributed by atoms with Crippen LogP contribution in [0.5, 0.6) is 5.75 Å². The van der Waals surface area contributed by atoms with Crippen molar-refractivity contribution in [1.82, 2.24) is 10.1 Å². The van der Waals surface area contributed by atoms with Gasteiger partial charge in [-0.15, -0.1) is 0 Å². The SMILES string of the molecule is COc1cc2c(NC(C)COC(F)F)c(NC(=O)C3CCOCC3)cnc2cc1-c1c(C)noc1C. The molecule has 194 valence electrons. The van der Waals surface area contributed by atoms with Gasteiger partial charge in [0.15, 0.2) is 0 Å². The lowest BCUT2D eigenvalue weighted by molar-refractivity contribution is -0.130. The third-order valence-electron chi connectivity index (χ3n) is 6.20. The molecule has 0 saturated carbocycles. The molecule has 3 heterocycles. The monoisotopic (exact) mass is 504 g/mol. The third-order valence-corrected chi connectivity index (χ3v) is 6.20. The van der Waals surface area contributed by atoms with Crippen LogP contribution in [0, 0.1) is 19.8 Å². The van der Waals surface area contributed by atoms with Crippen molar-refractivity contribution in [3.8, 4) is 16.9 Å². The normalized spacial score (nSPS) is 15.3. The molecule has 4 rings (SSSR count). The van der Waals surface area contributed by atoms with Gasteiger partial charge in [-0.2, -0.15) is 8.78 Å². The maximum atomic E-state index is 13.0. The molecule has 9 nitrogen and oxygen atoms in total. The molecule has 1 unspecified atom stereocenters. The Morgan fingerprint density at radius 2 is 2.00 bits per heavy atom. The molecule has 1 saturated heterocycles. The number of pyridine rings is 1. The molecular weight excluding hydrogens is 474 g/mol. The Labute approximate surface area is 207 Å². The van der Waals surface area contributed by atoms with E-state index in [1.807, 2.05) is 19.9 Å². The number of nitrogens with zero attached hydrogens (tertiary/aromatic N) is 2. The Morgan fingerprint density at radius 1 is 1.25 bits per heavy atom. The highest BCUT2D eigenvalue weighted by Crippen LogP contribution is 2.41. The Kier molecular flexibility index (Phi) is 8.00. The van der Waals surface area contributed by atoms with Gasteiger partial charge in [-0.25, -0.2) is 0 Å². The van der Waals surface area contributed by atoms with Crippen LogP contribution >= 0.6 is 0 Å². The maximum Gasteiger partial charge on any atom is 0.345 e. The number of benzene rings is 1. The second kappa shape index (κ2) is 11.2. The van der Waals surface area contributed by atoms with Gasteiger partial charge in [0, 0.05) is 36.1 Å². The van der Waals surface area contributed by atoms with Crippen LogP contribution in [0.15, 0.2) is 22.9 Å². The minimum atomic E-state index is -2.88. The first-order valence-electron chi connectivity index (χ1n) is 11.8. The smallest absolute Gasteiger partial charge is 0.345 e. The van der Waals surface area contributed by atoms with Crippen molar-refractivity contribution in [3.05, 3.63) is 29.8 Å². The van der Waals surface area contributed by atoms with Gasteiger partial charge < -0.3 is 29.4 Å². The number of nitrogens with one attached hydrogen (secondary N) is 2. The number of hydrogen-bond donors (Lipinski definition) is 2. The number of carbonyl (C=O) groups excluding carboxylic acids is 1. The predicted molar refractivity (Wildman–Crippen MR) is 130 cm³/mol. The summed E-state index contributed by atoms with van der Waals surface area (Å²) in [4.78, 5) is 17.6. The van der Waals surface area contributed by atoms with E-state index in [9.17, 15) is 13.6 Å². The second-order valence-electron chi connectivity index (χ2n) is 8.83. The van der Waals surface area contributed by atoms with Gasteiger partial charge in [0.05, 0.1) is 48.1 Å². The molecule has 1 aliphatic rings. The van der Waals surface area contributed by atoms with Crippen molar-refractivity contribution in [2.24, 2.45) is 5.92 Å². The largest absolute Gasteiger partial charge is 0.496 e. The number of anilines is 2. The van der Waals surface area contributed by atoms with Crippen LogP contribution in [-0.4, -0.2) is 55.6 Å². The summed E-state index contributed by atoms with van der Waals surface area (Å²) in [6.45, 7) is 3.33. The predicted octanol–water partition coefficient (Wildman–Crippen LogP) is 4.92. The van der Waals surface area contributed by atoms with Crippen LogP contribution < -0.4 is 15.4 Å². The van der Waals surface area contributed by atoms with E-state index in [1.54, 1.807) is 26.3 Å². The van der Waals surface area contributed by atoms with Crippen molar-refractivity contribution in [2.45, 2.75) is 46.3 Å². The fourth-order valence-corrected chi connectivity index (χ4v) is 4.40. The first kappa shape index (κ1) is 25.8. The Morgan fingerprint density at radius 3 is 2.64 bits per heavy atom. The minimum Gasteiger partial charge on any atom is -0.496 e. The quantitative estimate of drug-likeness (QED) is 0.423. The number of alkyl halides is 2. The number of amides is 1. The summed E-state index contributed by atoms with van der Waals surface area (Å²) in [6.07, 6.45) is 2.82. The molecule has 1 aliphatic heterocycles. The van der Waals surface area contributed by atoms with Crippen LogP contribution in [0.2, 0.25) is 0 Å². The Hall–Kier alpha value is -3.31. The highest BCUT2D eigenvalue weighted by Gasteiger charge is 2.25. The number of fused-ring (bicyclic) bond motifs is 1. The molecule has 2 N–H and O–H groups in total. The fraction of sp³-hybridized carbons (Fsp3) is 0.480. The molecule has 1 aromatic carbocycles. The van der Waals surface area contributed by atoms with Crippen LogP contribution in [0.4, 0.5) is 20.2 Å². The first-order chi connectivity index (χ1) is 17.3. The number of rotatable bonds is 9. The van der Waals surface area contributed by atoms with E-state index in [0.717, 1.165) is 11.1 Å². The van der Waals surface area contributed by atoms with E-state index in [0.29, 0.717) is 65.5 Å². The lowest BCUT2D eigenvalue weighted by Crippen LogP contribution is -2.29. The zero-order valence-electron chi connectivity index (χ0n) is 20.7. The van der Waals surface area contributed by atoms with Gasteiger partial charge in [0.25, 0.3) is 0 Å². The molecule has 36 heavy (non-hydrogen) atoms. The molecule has 0 aliphatic carbocycles. The van der Waals surface area contributed by atoms with E-state index >= 15 is 0 Å². The van der Waals surface area contributed by atoms with Crippen molar-refractivity contribution in [1.29, 1.82) is 0 Å². The third kappa shape index (κ3) is 5.57. The first-order valence-corrected chi connectivity index (χ1v) is 11.8. The van der Waals surface area contributed by atoms with Crippen molar-refractivity contribution in [2.75, 3.05) is 37.6 Å². The van der Waals surface area contributed by atoms with Gasteiger partial charge >= 0.3 is 6.61 Å². The molecule has 1 fully saturated rings. The van der Waals surface area contributed by atoms with Crippen LogP contribution in [0.25, 0.3) is 22.0 Å². The van der Waals surface area contributed by atoms with Gasteiger partial charge in [-0.05, 0) is 45.7 Å².